The molecule has 0 saturated carbocycles. The quantitative estimate of drug-likeness (QED) is 0.649. The molecule has 1 aliphatic heterocycles. The Hall–Kier alpha value is -2.07. The molecule has 3 nitrogen and oxygen atoms in total. The summed E-state index contributed by atoms with van der Waals surface area (Å²) in [5, 5.41) is 1.12. The van der Waals surface area contributed by atoms with Crippen LogP contribution in [0.5, 0.6) is 0 Å². The van der Waals surface area contributed by atoms with Crippen LogP contribution in [0, 0.1) is 6.92 Å². The first-order valence-electron chi connectivity index (χ1n) is 7.60. The summed E-state index contributed by atoms with van der Waals surface area (Å²) in [6.07, 6.45) is 0.590. The van der Waals surface area contributed by atoms with Crippen LogP contribution in [0.1, 0.15) is 22.8 Å². The number of benzene rings is 2. The predicted molar refractivity (Wildman–Crippen MR) is 94.9 cm³/mol. The molecule has 0 N–H and O–H groups in total. The minimum Gasteiger partial charge on any atom is -0.461 e. The number of aryl methyl sites for hydroxylation is 1. The molecule has 1 atom stereocenters. The summed E-state index contributed by atoms with van der Waals surface area (Å²) in [4.78, 5) is 14.4. The molecule has 4 rings (SSSR count). The highest BCUT2D eigenvalue weighted by Crippen LogP contribution is 2.41. The molecular formula is C19H16BrNO2. The van der Waals surface area contributed by atoms with Crippen molar-refractivity contribution in [2.24, 2.45) is 0 Å². The minimum absolute atomic E-state index is 0.123. The van der Waals surface area contributed by atoms with Crippen molar-refractivity contribution < 1.29 is 9.21 Å². The van der Waals surface area contributed by atoms with E-state index >= 15 is 0 Å². The fraction of sp³-hybridized carbons (Fsp3) is 0.211. The van der Waals surface area contributed by atoms with Crippen molar-refractivity contribution in [1.29, 1.82) is 0 Å². The van der Waals surface area contributed by atoms with Crippen LogP contribution in [0.3, 0.4) is 0 Å². The number of carbonyl (C=O) groups is 1. The van der Waals surface area contributed by atoms with Crippen LogP contribution >= 0.6 is 15.9 Å². The van der Waals surface area contributed by atoms with Gasteiger partial charge in [0.05, 0.1) is 5.92 Å². The molecule has 0 saturated heterocycles. The van der Waals surface area contributed by atoms with Gasteiger partial charge in [-0.3, -0.25) is 4.79 Å². The lowest BCUT2D eigenvalue weighted by molar-refractivity contribution is -0.119. The molecule has 0 aliphatic carbocycles. The fourth-order valence-electron chi connectivity index (χ4n) is 3.40. The van der Waals surface area contributed by atoms with Crippen LogP contribution in [-0.4, -0.2) is 13.0 Å². The summed E-state index contributed by atoms with van der Waals surface area (Å²) in [6, 6.07) is 14.0. The molecule has 1 amide bonds. The first kappa shape index (κ1) is 14.5. The number of fused-ring (bicyclic) bond motifs is 2. The van der Waals surface area contributed by atoms with E-state index in [0.29, 0.717) is 6.42 Å². The zero-order valence-corrected chi connectivity index (χ0v) is 14.6. The standard InChI is InChI=1S/C19H16BrNO2/c1-11-13-5-3-4-6-17(13)23-18(11)10-15-14-9-12(20)7-8-16(14)21(2)19(15)22/h3-9,15H,10H2,1-2H3/t15-/m0/s1. The summed E-state index contributed by atoms with van der Waals surface area (Å²) in [5.41, 5.74) is 4.05. The molecule has 23 heavy (non-hydrogen) atoms. The maximum atomic E-state index is 12.7. The highest BCUT2D eigenvalue weighted by molar-refractivity contribution is 9.10. The zero-order valence-electron chi connectivity index (χ0n) is 13.0. The number of nitrogens with zero attached hydrogens (tertiary/aromatic N) is 1. The molecule has 0 bridgehead atoms. The second kappa shape index (κ2) is 5.24. The van der Waals surface area contributed by atoms with E-state index in [1.54, 1.807) is 4.90 Å². The van der Waals surface area contributed by atoms with E-state index in [2.05, 4.69) is 28.9 Å². The Morgan fingerprint density at radius 3 is 2.78 bits per heavy atom. The number of hydrogen-bond acceptors (Lipinski definition) is 2. The van der Waals surface area contributed by atoms with Gasteiger partial charge in [0.1, 0.15) is 11.3 Å². The van der Waals surface area contributed by atoms with Crippen LogP contribution in [0.25, 0.3) is 11.0 Å². The largest absolute Gasteiger partial charge is 0.461 e. The van der Waals surface area contributed by atoms with Crippen LogP contribution in [0.4, 0.5) is 5.69 Å². The monoisotopic (exact) mass is 369 g/mol. The summed E-state index contributed by atoms with van der Waals surface area (Å²) in [5.74, 6) is 0.829. The molecule has 0 fully saturated rings. The first-order chi connectivity index (χ1) is 11.1. The van der Waals surface area contributed by atoms with E-state index in [-0.39, 0.29) is 11.8 Å². The Labute approximate surface area is 143 Å². The van der Waals surface area contributed by atoms with Crippen molar-refractivity contribution in [3.05, 3.63) is 63.8 Å². The molecule has 0 radical (unpaired) electrons. The lowest BCUT2D eigenvalue weighted by Crippen LogP contribution is -2.24. The zero-order chi connectivity index (χ0) is 16.1. The van der Waals surface area contributed by atoms with Crippen molar-refractivity contribution in [1.82, 2.24) is 0 Å². The number of amides is 1. The molecule has 2 heterocycles. The van der Waals surface area contributed by atoms with Gasteiger partial charge in [-0.25, -0.2) is 0 Å². The number of carbonyl (C=O) groups excluding carboxylic acids is 1. The molecule has 0 spiro atoms. The third kappa shape index (κ3) is 2.20. The molecule has 1 aliphatic rings. The van der Waals surface area contributed by atoms with Gasteiger partial charge >= 0.3 is 0 Å². The topological polar surface area (TPSA) is 33.5 Å². The average Bonchev–Trinajstić information content (AvgIpc) is 2.98. The van der Waals surface area contributed by atoms with Crippen LogP contribution in [-0.2, 0) is 11.2 Å². The Balaban J connectivity index is 1.78. The van der Waals surface area contributed by atoms with Gasteiger partial charge in [0.25, 0.3) is 0 Å². The molecule has 2 aromatic carbocycles. The summed E-state index contributed by atoms with van der Waals surface area (Å²) >= 11 is 3.51. The van der Waals surface area contributed by atoms with Crippen molar-refractivity contribution in [2.75, 3.05) is 11.9 Å². The van der Waals surface area contributed by atoms with Crippen molar-refractivity contribution in [3.8, 4) is 0 Å². The Morgan fingerprint density at radius 1 is 1.22 bits per heavy atom. The van der Waals surface area contributed by atoms with E-state index in [0.717, 1.165) is 38.0 Å². The predicted octanol–water partition coefficient (Wildman–Crippen LogP) is 4.81. The fourth-order valence-corrected chi connectivity index (χ4v) is 3.78. The van der Waals surface area contributed by atoms with Crippen LogP contribution < -0.4 is 4.90 Å². The lowest BCUT2D eigenvalue weighted by Gasteiger charge is -2.10. The molecular weight excluding hydrogens is 354 g/mol. The highest BCUT2D eigenvalue weighted by Gasteiger charge is 2.36. The van der Waals surface area contributed by atoms with E-state index in [9.17, 15) is 4.79 Å². The molecule has 116 valence electrons. The lowest BCUT2D eigenvalue weighted by atomic mass is 9.94. The van der Waals surface area contributed by atoms with E-state index < -0.39 is 0 Å². The van der Waals surface area contributed by atoms with Gasteiger partial charge in [-0.05, 0) is 42.3 Å². The van der Waals surface area contributed by atoms with Gasteiger partial charge in [0, 0.05) is 29.0 Å². The number of rotatable bonds is 2. The Kier molecular flexibility index (Phi) is 3.31. The summed E-state index contributed by atoms with van der Waals surface area (Å²) in [7, 11) is 1.83. The minimum atomic E-state index is -0.188. The van der Waals surface area contributed by atoms with E-state index in [4.69, 9.17) is 4.42 Å². The van der Waals surface area contributed by atoms with Crippen molar-refractivity contribution >= 4 is 38.5 Å². The second-order valence-electron chi connectivity index (χ2n) is 6.00. The SMILES string of the molecule is Cc1c(C[C@@H]2C(=O)N(C)c3ccc(Br)cc32)oc2ccccc12. The van der Waals surface area contributed by atoms with Crippen molar-refractivity contribution in [3.63, 3.8) is 0 Å². The molecule has 4 heteroatoms. The van der Waals surface area contributed by atoms with Gasteiger partial charge in [-0.2, -0.15) is 0 Å². The van der Waals surface area contributed by atoms with Crippen LogP contribution in [0.15, 0.2) is 51.4 Å². The smallest absolute Gasteiger partial charge is 0.234 e. The average molecular weight is 370 g/mol. The molecule has 0 unspecified atom stereocenters. The highest BCUT2D eigenvalue weighted by atomic mass is 79.9. The summed E-state index contributed by atoms with van der Waals surface area (Å²) in [6.45, 7) is 2.06. The maximum absolute atomic E-state index is 12.7. The normalized spacial score (nSPS) is 17.1. The van der Waals surface area contributed by atoms with E-state index in [1.807, 2.05) is 43.4 Å². The van der Waals surface area contributed by atoms with Gasteiger partial charge in [0.2, 0.25) is 5.91 Å². The maximum Gasteiger partial charge on any atom is 0.234 e. The van der Waals surface area contributed by atoms with Gasteiger partial charge in [0.15, 0.2) is 0 Å². The van der Waals surface area contributed by atoms with Gasteiger partial charge in [-0.1, -0.05) is 34.1 Å². The van der Waals surface area contributed by atoms with E-state index in [1.165, 1.54) is 0 Å². The Morgan fingerprint density at radius 2 is 2.00 bits per heavy atom. The number of para-hydroxylation sites is 1. The third-order valence-corrected chi connectivity index (χ3v) is 5.18. The number of anilines is 1. The molecule has 1 aromatic heterocycles. The number of likely N-dealkylation sites (N-methyl/N-ethyl adjacent to an activating group) is 1. The summed E-state index contributed by atoms with van der Waals surface area (Å²) < 4.78 is 7.00. The Bertz CT molecular complexity index is 928. The third-order valence-electron chi connectivity index (χ3n) is 4.69. The number of halogens is 1. The number of hydrogen-bond donors (Lipinski definition) is 0. The molecule has 3 aromatic rings. The number of furan rings is 1. The van der Waals surface area contributed by atoms with Crippen LogP contribution in [0.2, 0.25) is 0 Å². The first-order valence-corrected chi connectivity index (χ1v) is 8.39. The van der Waals surface area contributed by atoms with Crippen molar-refractivity contribution in [2.45, 2.75) is 19.3 Å². The van der Waals surface area contributed by atoms with Gasteiger partial charge < -0.3 is 9.32 Å². The van der Waals surface area contributed by atoms with Gasteiger partial charge in [-0.15, -0.1) is 0 Å². The second-order valence-corrected chi connectivity index (χ2v) is 6.92.